The van der Waals surface area contributed by atoms with Crippen LogP contribution in [0.4, 0.5) is 0 Å². The second kappa shape index (κ2) is 2.94. The van der Waals surface area contributed by atoms with Crippen molar-refractivity contribution in [1.29, 1.82) is 0 Å². The molecule has 1 saturated carbocycles. The van der Waals surface area contributed by atoms with Crippen molar-refractivity contribution in [1.82, 2.24) is 0 Å². The summed E-state index contributed by atoms with van der Waals surface area (Å²) in [7, 11) is 1.90. The van der Waals surface area contributed by atoms with Gasteiger partial charge in [0, 0.05) is 0 Å². The first kappa shape index (κ1) is 8.60. The van der Waals surface area contributed by atoms with Crippen LogP contribution >= 0.6 is 0 Å². The molecule has 0 N–H and O–H groups in total. The SMILES string of the molecule is C[N-]C1(C)CC1.[K+]. The Kier molecular flexibility index (Phi) is 3.62. The third-order valence-corrected chi connectivity index (χ3v) is 1.51. The van der Waals surface area contributed by atoms with Gasteiger partial charge >= 0.3 is 51.4 Å². The molecule has 36 valence electrons. The summed E-state index contributed by atoms with van der Waals surface area (Å²) in [4.78, 5) is 0. The summed E-state index contributed by atoms with van der Waals surface area (Å²) < 4.78 is 0. The Balaban J connectivity index is 0.000000360. The minimum Gasteiger partial charge on any atom is -0.660 e. The average Bonchev–Trinajstić information content (AvgIpc) is 2.22. The van der Waals surface area contributed by atoms with E-state index >= 15 is 0 Å². The molecule has 1 aliphatic rings. The maximum Gasteiger partial charge on any atom is 1.00 e. The third kappa shape index (κ3) is 2.58. The van der Waals surface area contributed by atoms with E-state index in [4.69, 9.17) is 0 Å². The Morgan fingerprint density at radius 1 is 1.43 bits per heavy atom. The van der Waals surface area contributed by atoms with E-state index < -0.39 is 0 Å². The monoisotopic (exact) mass is 123 g/mol. The first-order valence-electron chi connectivity index (χ1n) is 2.38. The van der Waals surface area contributed by atoms with Gasteiger partial charge < -0.3 is 5.32 Å². The molecule has 0 unspecified atom stereocenters. The van der Waals surface area contributed by atoms with Crippen LogP contribution in [0.2, 0.25) is 0 Å². The zero-order chi connectivity index (χ0) is 4.62. The van der Waals surface area contributed by atoms with Crippen LogP contribution in [0.3, 0.4) is 0 Å². The van der Waals surface area contributed by atoms with Crippen molar-refractivity contribution in [2.24, 2.45) is 0 Å². The smallest absolute Gasteiger partial charge is 0.660 e. The Morgan fingerprint density at radius 2 is 1.86 bits per heavy atom. The first-order chi connectivity index (χ1) is 2.77. The van der Waals surface area contributed by atoms with Crippen LogP contribution in [0.15, 0.2) is 0 Å². The van der Waals surface area contributed by atoms with Crippen molar-refractivity contribution in [3.05, 3.63) is 5.32 Å². The standard InChI is InChI=1S/C5H10N.K/c1-5(6-2)3-4-5;/h3-4H2,1-2H3;/q-1;+1. The third-order valence-electron chi connectivity index (χ3n) is 1.51. The van der Waals surface area contributed by atoms with Crippen molar-refractivity contribution in [2.75, 3.05) is 7.05 Å². The second-order valence-electron chi connectivity index (χ2n) is 2.22. The Labute approximate surface area is 87.7 Å². The molecule has 1 fully saturated rings. The van der Waals surface area contributed by atoms with E-state index in [0.29, 0.717) is 5.54 Å². The molecular formula is C5H10KN. The van der Waals surface area contributed by atoms with Gasteiger partial charge in [-0.15, -0.1) is 5.54 Å². The van der Waals surface area contributed by atoms with Gasteiger partial charge in [0.2, 0.25) is 0 Å². The Morgan fingerprint density at radius 3 is 1.86 bits per heavy atom. The maximum atomic E-state index is 4.13. The fraction of sp³-hybridized carbons (Fsp3) is 1.00. The predicted molar refractivity (Wildman–Crippen MR) is 26.9 cm³/mol. The molecule has 0 saturated heterocycles. The molecule has 0 aliphatic heterocycles. The zero-order valence-corrected chi connectivity index (χ0v) is 8.48. The number of hydrogen-bond donors (Lipinski definition) is 0. The van der Waals surface area contributed by atoms with Gasteiger partial charge in [0.15, 0.2) is 0 Å². The van der Waals surface area contributed by atoms with Crippen molar-refractivity contribution in [3.63, 3.8) is 0 Å². The molecule has 2 heteroatoms. The summed E-state index contributed by atoms with van der Waals surface area (Å²) in [6.07, 6.45) is 2.62. The van der Waals surface area contributed by atoms with Gasteiger partial charge in [-0.25, -0.2) is 0 Å². The molecule has 7 heavy (non-hydrogen) atoms. The molecule has 0 amide bonds. The van der Waals surface area contributed by atoms with Crippen molar-refractivity contribution in [3.8, 4) is 0 Å². The quantitative estimate of drug-likeness (QED) is 0.379. The summed E-state index contributed by atoms with van der Waals surface area (Å²) in [5.41, 5.74) is 0.417. The van der Waals surface area contributed by atoms with Gasteiger partial charge in [0.25, 0.3) is 0 Å². The molecule has 0 atom stereocenters. The summed E-state index contributed by atoms with van der Waals surface area (Å²) in [5.74, 6) is 0. The van der Waals surface area contributed by atoms with Crippen molar-refractivity contribution >= 4 is 0 Å². The van der Waals surface area contributed by atoms with E-state index in [2.05, 4.69) is 12.2 Å². The minimum absolute atomic E-state index is 0. The molecule has 0 aromatic carbocycles. The van der Waals surface area contributed by atoms with Crippen LogP contribution in [0.25, 0.3) is 5.32 Å². The Hall–Kier alpha value is 1.60. The molecule has 1 rings (SSSR count). The Bertz CT molecular complexity index is 59.1. The van der Waals surface area contributed by atoms with Gasteiger partial charge in [-0.2, -0.15) is 7.05 Å². The fourth-order valence-corrected chi connectivity index (χ4v) is 0.405. The van der Waals surface area contributed by atoms with Crippen LogP contribution in [-0.4, -0.2) is 12.6 Å². The van der Waals surface area contributed by atoms with Crippen LogP contribution in [0.5, 0.6) is 0 Å². The maximum absolute atomic E-state index is 4.13. The molecule has 1 aliphatic carbocycles. The fourth-order valence-electron chi connectivity index (χ4n) is 0.405. The largest absolute Gasteiger partial charge is 1.00 e. The van der Waals surface area contributed by atoms with E-state index in [-0.39, 0.29) is 51.4 Å². The molecule has 0 radical (unpaired) electrons. The zero-order valence-electron chi connectivity index (χ0n) is 5.36. The molecule has 1 nitrogen and oxygen atoms in total. The van der Waals surface area contributed by atoms with Crippen molar-refractivity contribution in [2.45, 2.75) is 25.3 Å². The van der Waals surface area contributed by atoms with E-state index in [1.165, 1.54) is 12.8 Å². The summed E-state index contributed by atoms with van der Waals surface area (Å²) >= 11 is 0. The van der Waals surface area contributed by atoms with Gasteiger partial charge in [0.05, 0.1) is 0 Å². The average molecular weight is 123 g/mol. The summed E-state index contributed by atoms with van der Waals surface area (Å²) in [6.45, 7) is 2.19. The van der Waals surface area contributed by atoms with E-state index in [1.54, 1.807) is 0 Å². The van der Waals surface area contributed by atoms with Crippen LogP contribution in [0, 0.1) is 0 Å². The second-order valence-corrected chi connectivity index (χ2v) is 2.22. The van der Waals surface area contributed by atoms with Gasteiger partial charge in [-0.3, -0.25) is 0 Å². The number of nitrogens with zero attached hydrogens (tertiary/aromatic N) is 1. The van der Waals surface area contributed by atoms with E-state index in [9.17, 15) is 0 Å². The normalized spacial score (nSPS) is 23.1. The molecular weight excluding hydrogens is 113 g/mol. The van der Waals surface area contributed by atoms with Gasteiger partial charge in [-0.05, 0) is 0 Å². The van der Waals surface area contributed by atoms with Crippen LogP contribution in [0.1, 0.15) is 19.8 Å². The van der Waals surface area contributed by atoms with Crippen LogP contribution < -0.4 is 51.4 Å². The first-order valence-corrected chi connectivity index (χ1v) is 2.38. The number of rotatable bonds is 1. The number of hydrogen-bond acceptors (Lipinski definition) is 0. The molecule has 0 aromatic heterocycles. The minimum atomic E-state index is 0. The topological polar surface area (TPSA) is 14.1 Å². The van der Waals surface area contributed by atoms with Crippen LogP contribution in [-0.2, 0) is 0 Å². The molecule has 0 aromatic rings. The van der Waals surface area contributed by atoms with Gasteiger partial charge in [0.1, 0.15) is 0 Å². The molecule has 0 heterocycles. The predicted octanol–water partition coefficient (Wildman–Crippen LogP) is -1.45. The summed E-state index contributed by atoms with van der Waals surface area (Å²) in [6, 6.07) is 0. The molecule has 0 spiro atoms. The van der Waals surface area contributed by atoms with Crippen molar-refractivity contribution < 1.29 is 51.4 Å². The van der Waals surface area contributed by atoms with Gasteiger partial charge in [-0.1, -0.05) is 19.8 Å². The summed E-state index contributed by atoms with van der Waals surface area (Å²) in [5, 5.41) is 4.13. The van der Waals surface area contributed by atoms with E-state index in [0.717, 1.165) is 0 Å². The van der Waals surface area contributed by atoms with E-state index in [1.807, 2.05) is 7.05 Å². The molecule has 0 bridgehead atoms.